The number of nitrogens with one attached hydrogen (secondary N) is 1. The Balaban J connectivity index is 2.55. The molecule has 17 heavy (non-hydrogen) atoms. The fourth-order valence-electron chi connectivity index (χ4n) is 1.47. The summed E-state index contributed by atoms with van der Waals surface area (Å²) in [4.78, 5) is 16.9. The molecule has 0 aliphatic carbocycles. The maximum absolute atomic E-state index is 5.16. The predicted octanol–water partition coefficient (Wildman–Crippen LogP) is 1.29. The summed E-state index contributed by atoms with van der Waals surface area (Å²) in [5, 5.41) is 2.98. The summed E-state index contributed by atoms with van der Waals surface area (Å²) in [5.74, 6) is 1.85. The highest BCUT2D eigenvalue weighted by Crippen LogP contribution is 2.24. The minimum absolute atomic E-state index is 0.452. The van der Waals surface area contributed by atoms with Gasteiger partial charge in [0.1, 0.15) is 17.3 Å². The first kappa shape index (κ1) is 11.3. The van der Waals surface area contributed by atoms with Crippen LogP contribution in [0.15, 0.2) is 18.5 Å². The molecule has 2 aromatic rings. The van der Waals surface area contributed by atoms with Crippen molar-refractivity contribution in [1.82, 2.24) is 19.9 Å². The van der Waals surface area contributed by atoms with Crippen molar-refractivity contribution >= 4 is 5.82 Å². The molecule has 0 radical (unpaired) electrons. The van der Waals surface area contributed by atoms with E-state index in [-0.39, 0.29) is 0 Å². The first-order valence-electron chi connectivity index (χ1n) is 5.13. The summed E-state index contributed by atoms with van der Waals surface area (Å²) in [6.45, 7) is 1.83. The molecule has 88 valence electrons. The Morgan fingerprint density at radius 1 is 1.18 bits per heavy atom. The molecule has 0 atom stereocenters. The molecular weight excluding hydrogens is 218 g/mol. The number of methoxy groups -OCH3 is 1. The van der Waals surface area contributed by atoms with E-state index in [0.29, 0.717) is 23.1 Å². The summed E-state index contributed by atoms with van der Waals surface area (Å²) in [7, 11) is 3.36. The summed E-state index contributed by atoms with van der Waals surface area (Å²) in [6.07, 6.45) is 3.18. The van der Waals surface area contributed by atoms with E-state index >= 15 is 0 Å². The lowest BCUT2D eigenvalue weighted by molar-refractivity contribution is 0.397. The monoisotopic (exact) mass is 231 g/mol. The van der Waals surface area contributed by atoms with Crippen LogP contribution in [0.4, 0.5) is 5.82 Å². The fourth-order valence-corrected chi connectivity index (χ4v) is 1.47. The number of hydrogen-bond acceptors (Lipinski definition) is 6. The zero-order valence-corrected chi connectivity index (χ0v) is 9.93. The smallest absolute Gasteiger partial charge is 0.241 e. The van der Waals surface area contributed by atoms with Gasteiger partial charge in [-0.3, -0.25) is 0 Å². The quantitative estimate of drug-likeness (QED) is 0.858. The number of hydrogen-bond donors (Lipinski definition) is 1. The fraction of sp³-hybridized carbons (Fsp3) is 0.273. The summed E-state index contributed by atoms with van der Waals surface area (Å²) < 4.78 is 5.16. The van der Waals surface area contributed by atoms with Crippen molar-refractivity contribution in [1.29, 1.82) is 0 Å². The first-order chi connectivity index (χ1) is 8.24. The largest absolute Gasteiger partial charge is 0.479 e. The van der Waals surface area contributed by atoms with Gasteiger partial charge < -0.3 is 10.1 Å². The van der Waals surface area contributed by atoms with Gasteiger partial charge in [0.05, 0.1) is 7.11 Å². The minimum atomic E-state index is 0.452. The van der Waals surface area contributed by atoms with Crippen LogP contribution in [0.3, 0.4) is 0 Å². The van der Waals surface area contributed by atoms with Crippen LogP contribution in [0.5, 0.6) is 5.88 Å². The number of anilines is 1. The Morgan fingerprint density at radius 2 is 1.94 bits per heavy atom. The average Bonchev–Trinajstić information content (AvgIpc) is 2.37. The van der Waals surface area contributed by atoms with Gasteiger partial charge in [0, 0.05) is 25.5 Å². The van der Waals surface area contributed by atoms with Crippen molar-refractivity contribution in [2.75, 3.05) is 19.5 Å². The molecule has 2 aromatic heterocycles. The third-order valence-electron chi connectivity index (χ3n) is 2.19. The van der Waals surface area contributed by atoms with Gasteiger partial charge in [0.25, 0.3) is 0 Å². The SMILES string of the molecule is CNc1cc(-c2nccnc2OC)nc(C)n1. The number of aromatic nitrogens is 4. The molecule has 1 N–H and O–H groups in total. The normalized spacial score (nSPS) is 10.1. The van der Waals surface area contributed by atoms with E-state index in [4.69, 9.17) is 4.74 Å². The van der Waals surface area contributed by atoms with Gasteiger partial charge in [-0.05, 0) is 6.92 Å². The molecule has 0 aliphatic heterocycles. The predicted molar refractivity (Wildman–Crippen MR) is 63.9 cm³/mol. The van der Waals surface area contributed by atoms with Crippen LogP contribution in [0, 0.1) is 6.92 Å². The van der Waals surface area contributed by atoms with Crippen molar-refractivity contribution in [2.45, 2.75) is 6.92 Å². The molecular formula is C11H13N5O. The maximum Gasteiger partial charge on any atom is 0.241 e. The summed E-state index contributed by atoms with van der Waals surface area (Å²) >= 11 is 0. The molecule has 2 rings (SSSR count). The molecule has 6 heteroatoms. The molecule has 2 heterocycles. The van der Waals surface area contributed by atoms with Crippen molar-refractivity contribution in [3.05, 3.63) is 24.3 Å². The zero-order valence-electron chi connectivity index (χ0n) is 9.93. The van der Waals surface area contributed by atoms with Gasteiger partial charge >= 0.3 is 0 Å². The molecule has 0 saturated carbocycles. The molecule has 0 amide bonds. The Bertz CT molecular complexity index is 529. The third-order valence-corrected chi connectivity index (χ3v) is 2.19. The van der Waals surface area contributed by atoms with Crippen molar-refractivity contribution in [2.24, 2.45) is 0 Å². The van der Waals surface area contributed by atoms with Gasteiger partial charge in [-0.25, -0.2) is 19.9 Å². The molecule has 0 aliphatic rings. The Labute approximate surface area is 99.1 Å². The standard InChI is InChI=1S/C11H13N5O/c1-7-15-8(6-9(12-2)16-7)10-11(17-3)14-5-4-13-10/h4-6H,1-3H3,(H,12,15,16). The number of ether oxygens (including phenoxy) is 1. The van der Waals surface area contributed by atoms with Gasteiger partial charge in [-0.2, -0.15) is 0 Å². The molecule has 0 unspecified atom stereocenters. The van der Waals surface area contributed by atoms with E-state index in [9.17, 15) is 0 Å². The van der Waals surface area contributed by atoms with E-state index in [1.165, 1.54) is 0 Å². The van der Waals surface area contributed by atoms with Crippen molar-refractivity contribution in [3.8, 4) is 17.3 Å². The molecule has 0 aromatic carbocycles. The summed E-state index contributed by atoms with van der Waals surface area (Å²) in [5.41, 5.74) is 1.30. The second-order valence-corrected chi connectivity index (χ2v) is 3.35. The molecule has 0 fully saturated rings. The molecule has 0 saturated heterocycles. The highest BCUT2D eigenvalue weighted by molar-refractivity contribution is 5.62. The van der Waals surface area contributed by atoms with E-state index in [2.05, 4.69) is 25.3 Å². The minimum Gasteiger partial charge on any atom is -0.479 e. The van der Waals surface area contributed by atoms with Crippen LogP contribution in [-0.2, 0) is 0 Å². The summed E-state index contributed by atoms with van der Waals surface area (Å²) in [6, 6.07) is 1.81. The molecule has 0 bridgehead atoms. The Morgan fingerprint density at radius 3 is 2.65 bits per heavy atom. The highest BCUT2D eigenvalue weighted by atomic mass is 16.5. The highest BCUT2D eigenvalue weighted by Gasteiger charge is 2.11. The lowest BCUT2D eigenvalue weighted by Gasteiger charge is -2.07. The first-order valence-corrected chi connectivity index (χ1v) is 5.13. The maximum atomic E-state index is 5.16. The lowest BCUT2D eigenvalue weighted by Crippen LogP contribution is -2.01. The second kappa shape index (κ2) is 4.73. The molecule has 0 spiro atoms. The number of nitrogens with zero attached hydrogens (tertiary/aromatic N) is 4. The van der Waals surface area contributed by atoms with Crippen molar-refractivity contribution in [3.63, 3.8) is 0 Å². The Hall–Kier alpha value is -2.24. The van der Waals surface area contributed by atoms with Crippen molar-refractivity contribution < 1.29 is 4.74 Å². The van der Waals surface area contributed by atoms with Crippen LogP contribution in [-0.4, -0.2) is 34.1 Å². The van der Waals surface area contributed by atoms with E-state index in [1.807, 2.05) is 6.92 Å². The molecule has 6 nitrogen and oxygen atoms in total. The van der Waals surface area contributed by atoms with Gasteiger partial charge in [-0.1, -0.05) is 0 Å². The van der Waals surface area contributed by atoms with Crippen LogP contribution < -0.4 is 10.1 Å². The van der Waals surface area contributed by atoms with E-state index in [0.717, 1.165) is 5.82 Å². The van der Waals surface area contributed by atoms with Gasteiger partial charge in [-0.15, -0.1) is 0 Å². The number of rotatable bonds is 3. The van der Waals surface area contributed by atoms with Crippen LogP contribution in [0.2, 0.25) is 0 Å². The van der Waals surface area contributed by atoms with Crippen LogP contribution >= 0.6 is 0 Å². The van der Waals surface area contributed by atoms with E-state index in [1.54, 1.807) is 32.6 Å². The topological polar surface area (TPSA) is 72.8 Å². The second-order valence-electron chi connectivity index (χ2n) is 3.35. The van der Waals surface area contributed by atoms with Crippen LogP contribution in [0.25, 0.3) is 11.4 Å². The average molecular weight is 231 g/mol. The Kier molecular flexibility index (Phi) is 3.13. The van der Waals surface area contributed by atoms with E-state index < -0.39 is 0 Å². The van der Waals surface area contributed by atoms with Gasteiger partial charge in [0.2, 0.25) is 5.88 Å². The van der Waals surface area contributed by atoms with Crippen LogP contribution in [0.1, 0.15) is 5.82 Å². The number of aryl methyl sites for hydroxylation is 1. The third kappa shape index (κ3) is 2.30. The zero-order chi connectivity index (χ0) is 12.3. The lowest BCUT2D eigenvalue weighted by atomic mass is 10.3. The van der Waals surface area contributed by atoms with Gasteiger partial charge in [0.15, 0.2) is 5.69 Å².